The van der Waals surface area contributed by atoms with E-state index < -0.39 is 36.4 Å². The third-order valence-corrected chi connectivity index (χ3v) is 4.45. The van der Waals surface area contributed by atoms with E-state index in [0.717, 1.165) is 18.9 Å². The highest BCUT2D eigenvalue weighted by Gasteiger charge is 2.30. The Morgan fingerprint density at radius 2 is 1.86 bits per heavy atom. The molecule has 0 unspecified atom stereocenters. The van der Waals surface area contributed by atoms with Gasteiger partial charge >= 0.3 is 6.61 Å². The van der Waals surface area contributed by atoms with Crippen LogP contribution in [0.15, 0.2) is 36.4 Å². The van der Waals surface area contributed by atoms with E-state index >= 15 is 0 Å². The van der Waals surface area contributed by atoms with Gasteiger partial charge in [-0.05, 0) is 54.7 Å². The van der Waals surface area contributed by atoms with Crippen molar-refractivity contribution in [1.29, 1.82) is 0 Å². The molecule has 29 heavy (non-hydrogen) atoms. The van der Waals surface area contributed by atoms with Crippen LogP contribution in [-0.2, 0) is 0 Å². The van der Waals surface area contributed by atoms with Crippen molar-refractivity contribution < 1.29 is 36.6 Å². The van der Waals surface area contributed by atoms with E-state index in [4.69, 9.17) is 4.74 Å². The predicted molar refractivity (Wildman–Crippen MR) is 96.2 cm³/mol. The summed E-state index contributed by atoms with van der Waals surface area (Å²) in [4.78, 5) is 25.4. The first-order valence-corrected chi connectivity index (χ1v) is 9.07. The Kier molecular flexibility index (Phi) is 6.51. The van der Waals surface area contributed by atoms with Crippen LogP contribution in [0.5, 0.6) is 11.5 Å². The van der Waals surface area contributed by atoms with E-state index in [9.17, 15) is 27.2 Å². The summed E-state index contributed by atoms with van der Waals surface area (Å²) in [5.74, 6) is -3.26. The second kappa shape index (κ2) is 9.07. The fraction of sp³-hybridized carbons (Fsp3) is 0.333. The van der Waals surface area contributed by atoms with Gasteiger partial charge in [0.15, 0.2) is 11.6 Å². The molecule has 1 aliphatic rings. The average molecular weight is 410 g/mol. The number of rotatable bonds is 10. The number of alkyl halides is 3. The third kappa shape index (κ3) is 4.93. The van der Waals surface area contributed by atoms with E-state index in [1.165, 1.54) is 30.3 Å². The Labute approximate surface area is 164 Å². The highest BCUT2D eigenvalue weighted by Crippen LogP contribution is 2.45. The summed E-state index contributed by atoms with van der Waals surface area (Å²) < 4.78 is 61.2. The van der Waals surface area contributed by atoms with Crippen LogP contribution in [0.2, 0.25) is 0 Å². The Morgan fingerprint density at radius 3 is 2.52 bits per heavy atom. The fourth-order valence-electron chi connectivity index (χ4n) is 2.92. The molecule has 1 fully saturated rings. The number of benzene rings is 2. The Balaban J connectivity index is 1.88. The first kappa shape index (κ1) is 20.8. The van der Waals surface area contributed by atoms with E-state index in [-0.39, 0.29) is 35.8 Å². The minimum atomic E-state index is -3.01. The van der Waals surface area contributed by atoms with Crippen LogP contribution in [0, 0.1) is 5.82 Å². The number of halogens is 4. The van der Waals surface area contributed by atoms with Crippen LogP contribution >= 0.6 is 0 Å². The molecule has 1 aliphatic carbocycles. The van der Waals surface area contributed by atoms with Crippen molar-refractivity contribution >= 4 is 11.6 Å². The maximum atomic E-state index is 14.1. The molecule has 0 radical (unpaired) electrons. The lowest BCUT2D eigenvalue weighted by Gasteiger charge is -2.13. The lowest BCUT2D eigenvalue weighted by molar-refractivity contribution is -0.0504. The molecule has 0 spiro atoms. The zero-order chi connectivity index (χ0) is 21.0. The molecule has 2 aromatic rings. The number of carbonyl (C=O) groups excluding carboxylic acids is 2. The molecule has 0 heterocycles. The largest absolute Gasteiger partial charge is 0.490 e. The number of para-hydroxylation sites is 1. The molecule has 0 bridgehead atoms. The second-order valence-corrected chi connectivity index (χ2v) is 6.57. The minimum absolute atomic E-state index is 0.00621. The van der Waals surface area contributed by atoms with Crippen molar-refractivity contribution in [2.24, 2.45) is 0 Å². The number of hydrogen-bond acceptors (Lipinski definition) is 4. The first-order valence-electron chi connectivity index (χ1n) is 9.07. The van der Waals surface area contributed by atoms with Gasteiger partial charge in [0.25, 0.3) is 0 Å². The average Bonchev–Trinajstić information content (AvgIpc) is 3.53. The molecular formula is C21H18F4O4. The number of carbonyl (C=O) groups is 2. The molecule has 0 atom stereocenters. The molecule has 0 N–H and O–H groups in total. The van der Waals surface area contributed by atoms with E-state index in [1.54, 1.807) is 0 Å². The van der Waals surface area contributed by atoms with Gasteiger partial charge in [-0.15, -0.1) is 0 Å². The van der Waals surface area contributed by atoms with Crippen molar-refractivity contribution in [2.75, 3.05) is 13.3 Å². The van der Waals surface area contributed by atoms with Gasteiger partial charge in [-0.1, -0.05) is 6.07 Å². The van der Waals surface area contributed by atoms with Gasteiger partial charge in [0.2, 0.25) is 11.6 Å². The third-order valence-electron chi connectivity index (χ3n) is 4.45. The number of hydrogen-bond donors (Lipinski definition) is 0. The van der Waals surface area contributed by atoms with Crippen molar-refractivity contribution in [1.82, 2.24) is 0 Å². The van der Waals surface area contributed by atoms with Crippen molar-refractivity contribution in [2.45, 2.75) is 31.8 Å². The van der Waals surface area contributed by atoms with Crippen molar-refractivity contribution in [3.63, 3.8) is 0 Å². The molecule has 8 heteroatoms. The summed E-state index contributed by atoms with van der Waals surface area (Å²) in [5.41, 5.74) is 0.134. The maximum absolute atomic E-state index is 14.1. The lowest BCUT2D eigenvalue weighted by Crippen LogP contribution is -2.17. The van der Waals surface area contributed by atoms with E-state index in [2.05, 4.69) is 4.74 Å². The predicted octanol–water partition coefficient (Wildman–Crippen LogP) is 5.11. The van der Waals surface area contributed by atoms with Gasteiger partial charge in [-0.25, -0.2) is 4.39 Å². The fourth-order valence-corrected chi connectivity index (χ4v) is 2.92. The second-order valence-electron chi connectivity index (χ2n) is 6.57. The standard InChI is InChI=1S/C21H18F4O4/c22-9-2-10-28-20-14(3-1-4-16(20)23)19(27)18(26)13-7-8-17(29-21(24)25)15(11-13)12-5-6-12/h1,3-4,7-8,11-12,21H,2,5-6,9-10H2. The highest BCUT2D eigenvalue weighted by molar-refractivity contribution is 6.49. The first-order chi connectivity index (χ1) is 13.9. The van der Waals surface area contributed by atoms with Gasteiger partial charge in [0, 0.05) is 12.0 Å². The van der Waals surface area contributed by atoms with Gasteiger partial charge in [0.1, 0.15) is 5.75 Å². The maximum Gasteiger partial charge on any atom is 0.387 e. The summed E-state index contributed by atoms with van der Waals surface area (Å²) in [6, 6.07) is 7.36. The number of ketones is 2. The molecule has 0 aromatic heterocycles. The Bertz CT molecular complexity index is 910. The highest BCUT2D eigenvalue weighted by atomic mass is 19.3. The molecular weight excluding hydrogens is 392 g/mol. The molecule has 4 nitrogen and oxygen atoms in total. The minimum Gasteiger partial charge on any atom is -0.490 e. The summed E-state index contributed by atoms with van der Waals surface area (Å²) in [6.45, 7) is -3.84. The molecule has 154 valence electrons. The summed E-state index contributed by atoms with van der Waals surface area (Å²) >= 11 is 0. The van der Waals surface area contributed by atoms with E-state index in [0.29, 0.717) is 5.56 Å². The normalized spacial score (nSPS) is 13.4. The zero-order valence-electron chi connectivity index (χ0n) is 15.3. The molecule has 0 amide bonds. The van der Waals surface area contributed by atoms with Crippen LogP contribution in [0.4, 0.5) is 17.6 Å². The van der Waals surface area contributed by atoms with E-state index in [1.807, 2.05) is 0 Å². The van der Waals surface area contributed by atoms with Gasteiger partial charge < -0.3 is 9.47 Å². The van der Waals surface area contributed by atoms with Gasteiger partial charge in [-0.2, -0.15) is 8.78 Å². The topological polar surface area (TPSA) is 52.6 Å². The Morgan fingerprint density at radius 1 is 1.10 bits per heavy atom. The van der Waals surface area contributed by atoms with Crippen LogP contribution < -0.4 is 9.47 Å². The molecule has 2 aromatic carbocycles. The van der Waals surface area contributed by atoms with Crippen LogP contribution in [0.3, 0.4) is 0 Å². The van der Waals surface area contributed by atoms with Crippen molar-refractivity contribution in [3.8, 4) is 11.5 Å². The monoisotopic (exact) mass is 410 g/mol. The Hall–Kier alpha value is -2.90. The van der Waals surface area contributed by atoms with Crippen LogP contribution in [-0.4, -0.2) is 31.5 Å². The smallest absolute Gasteiger partial charge is 0.387 e. The SMILES string of the molecule is O=C(C(=O)c1cccc(F)c1OCCCF)c1ccc(OC(F)F)c(C2CC2)c1. The number of ether oxygens (including phenoxy) is 2. The van der Waals surface area contributed by atoms with Gasteiger partial charge in [0.05, 0.1) is 18.8 Å². The molecule has 0 aliphatic heterocycles. The molecule has 3 rings (SSSR count). The number of Topliss-reactive ketones (excluding diaryl/α,β-unsaturated/α-hetero) is 2. The zero-order valence-corrected chi connectivity index (χ0v) is 15.3. The lowest BCUT2D eigenvalue weighted by atomic mass is 9.97. The quantitative estimate of drug-likeness (QED) is 0.236. The summed E-state index contributed by atoms with van der Waals surface area (Å²) in [7, 11) is 0. The van der Waals surface area contributed by atoms with Gasteiger partial charge in [-0.3, -0.25) is 14.0 Å². The van der Waals surface area contributed by atoms with Crippen LogP contribution in [0.25, 0.3) is 0 Å². The van der Waals surface area contributed by atoms with Crippen LogP contribution in [0.1, 0.15) is 51.5 Å². The molecule has 1 saturated carbocycles. The molecule has 0 saturated heterocycles. The summed E-state index contributed by atoms with van der Waals surface area (Å²) in [5, 5.41) is 0. The van der Waals surface area contributed by atoms with Crippen molar-refractivity contribution in [3.05, 3.63) is 58.9 Å². The summed E-state index contributed by atoms with van der Waals surface area (Å²) in [6.07, 6.45) is 1.54.